The Hall–Kier alpha value is -1.34. The van der Waals surface area contributed by atoms with Crippen LogP contribution in [0.2, 0.25) is 5.02 Å². The van der Waals surface area contributed by atoms with E-state index in [0.29, 0.717) is 29.6 Å². The van der Waals surface area contributed by atoms with Gasteiger partial charge in [0.15, 0.2) is 0 Å². The van der Waals surface area contributed by atoms with Gasteiger partial charge in [0.2, 0.25) is 5.91 Å². The van der Waals surface area contributed by atoms with Gasteiger partial charge >= 0.3 is 0 Å². The number of benzene rings is 1. The number of ether oxygens (including phenoxy) is 2. The first kappa shape index (κ1) is 17.5. The first-order chi connectivity index (χ1) is 11.6. The third kappa shape index (κ3) is 4.19. The minimum Gasteiger partial charge on any atom is -0.495 e. The lowest BCUT2D eigenvalue weighted by atomic mass is 9.90. The number of nitrogens with zero attached hydrogens (tertiary/aromatic N) is 1. The van der Waals surface area contributed by atoms with Crippen molar-refractivity contribution in [2.75, 3.05) is 51.8 Å². The number of carbonyl (C=O) groups is 1. The van der Waals surface area contributed by atoms with Crippen molar-refractivity contribution in [3.8, 4) is 5.75 Å². The maximum Gasteiger partial charge on any atom is 0.238 e. The molecule has 3 rings (SSSR count). The van der Waals surface area contributed by atoms with E-state index >= 15 is 0 Å². The molecule has 0 radical (unpaired) electrons. The number of morpholine rings is 1. The number of halogens is 1. The fraction of sp³-hybridized carbons (Fsp3) is 0.588. The highest BCUT2D eigenvalue weighted by Gasteiger charge is 2.38. The van der Waals surface area contributed by atoms with Gasteiger partial charge in [-0.25, -0.2) is 0 Å². The van der Waals surface area contributed by atoms with E-state index in [2.05, 4.69) is 15.5 Å². The van der Waals surface area contributed by atoms with Gasteiger partial charge in [0.1, 0.15) is 5.75 Å². The Morgan fingerprint density at radius 1 is 1.46 bits per heavy atom. The summed E-state index contributed by atoms with van der Waals surface area (Å²) in [4.78, 5) is 14.6. The molecule has 2 N–H and O–H groups in total. The number of hydrogen-bond acceptors (Lipinski definition) is 5. The molecule has 0 bridgehead atoms. The Labute approximate surface area is 147 Å². The number of methoxy groups -OCH3 is 1. The molecule has 1 aromatic carbocycles. The van der Waals surface area contributed by atoms with Gasteiger partial charge in [-0.15, -0.1) is 0 Å². The molecule has 6 nitrogen and oxygen atoms in total. The van der Waals surface area contributed by atoms with Crippen molar-refractivity contribution in [1.82, 2.24) is 10.2 Å². The van der Waals surface area contributed by atoms with Gasteiger partial charge in [-0.3, -0.25) is 9.69 Å². The second-order valence-corrected chi connectivity index (χ2v) is 6.82. The summed E-state index contributed by atoms with van der Waals surface area (Å²) >= 11 is 6.01. The molecule has 7 heteroatoms. The lowest BCUT2D eigenvalue weighted by molar-refractivity contribution is -0.133. The second-order valence-electron chi connectivity index (χ2n) is 6.38. The number of nitrogens with one attached hydrogen (secondary N) is 2. The molecular formula is C17H24ClN3O3. The predicted molar refractivity (Wildman–Crippen MR) is 93.9 cm³/mol. The third-order valence-electron chi connectivity index (χ3n) is 4.65. The number of hydrogen-bond donors (Lipinski definition) is 2. The van der Waals surface area contributed by atoms with Crippen LogP contribution in [0.5, 0.6) is 5.75 Å². The molecule has 2 fully saturated rings. The van der Waals surface area contributed by atoms with Crippen molar-refractivity contribution in [3.63, 3.8) is 0 Å². The minimum absolute atomic E-state index is 0.0680. The number of anilines is 1. The molecule has 0 unspecified atom stereocenters. The smallest absolute Gasteiger partial charge is 0.238 e. The molecule has 0 atom stereocenters. The summed E-state index contributed by atoms with van der Waals surface area (Å²) in [7, 11) is 1.57. The van der Waals surface area contributed by atoms with Crippen molar-refractivity contribution >= 4 is 23.2 Å². The predicted octanol–water partition coefficient (Wildman–Crippen LogP) is 1.74. The van der Waals surface area contributed by atoms with Gasteiger partial charge in [0, 0.05) is 18.1 Å². The van der Waals surface area contributed by atoms with Crippen molar-refractivity contribution in [2.45, 2.75) is 18.4 Å². The number of rotatable bonds is 4. The minimum atomic E-state index is -0.0997. The molecule has 2 saturated heterocycles. The third-order valence-corrected chi connectivity index (χ3v) is 4.88. The molecule has 1 amide bonds. The Morgan fingerprint density at radius 2 is 2.25 bits per heavy atom. The van der Waals surface area contributed by atoms with Crippen LogP contribution in [0.4, 0.5) is 5.69 Å². The standard InChI is InChI=1S/C17H24ClN3O3/c1-23-15-3-2-13(18)10-14(15)20-16(22)11-21-8-9-24-17(12-21)4-6-19-7-5-17/h2-3,10,19H,4-9,11-12H2,1H3,(H,20,22). The Kier molecular flexibility index (Phi) is 5.61. The maximum absolute atomic E-state index is 12.4. The van der Waals surface area contributed by atoms with Crippen LogP contribution in [0.1, 0.15) is 12.8 Å². The van der Waals surface area contributed by atoms with Crippen molar-refractivity contribution < 1.29 is 14.3 Å². The molecule has 1 spiro atoms. The lowest BCUT2D eigenvalue weighted by Crippen LogP contribution is -2.57. The molecule has 0 aliphatic carbocycles. The lowest BCUT2D eigenvalue weighted by Gasteiger charge is -2.45. The average Bonchev–Trinajstić information content (AvgIpc) is 2.56. The first-order valence-corrected chi connectivity index (χ1v) is 8.68. The summed E-state index contributed by atoms with van der Waals surface area (Å²) < 4.78 is 11.3. The van der Waals surface area contributed by atoms with Crippen LogP contribution in [0.15, 0.2) is 18.2 Å². The Morgan fingerprint density at radius 3 is 3.00 bits per heavy atom. The molecule has 0 aromatic heterocycles. The van der Waals surface area contributed by atoms with Gasteiger partial charge in [0.25, 0.3) is 0 Å². The maximum atomic E-state index is 12.4. The SMILES string of the molecule is COc1ccc(Cl)cc1NC(=O)CN1CCOC2(CCNCC2)C1. The van der Waals surface area contributed by atoms with E-state index in [4.69, 9.17) is 21.1 Å². The summed E-state index contributed by atoms with van der Waals surface area (Å²) in [5, 5.41) is 6.82. The number of carbonyl (C=O) groups excluding carboxylic acids is 1. The van der Waals surface area contributed by atoms with E-state index in [9.17, 15) is 4.79 Å². The zero-order valence-corrected chi connectivity index (χ0v) is 14.7. The molecular weight excluding hydrogens is 330 g/mol. The van der Waals surface area contributed by atoms with E-state index < -0.39 is 0 Å². The Bertz CT molecular complexity index is 585. The number of piperidine rings is 1. The quantitative estimate of drug-likeness (QED) is 0.863. The van der Waals surface area contributed by atoms with E-state index in [1.807, 2.05) is 0 Å². The molecule has 24 heavy (non-hydrogen) atoms. The fourth-order valence-corrected chi connectivity index (χ4v) is 3.59. The largest absolute Gasteiger partial charge is 0.495 e. The van der Waals surface area contributed by atoms with E-state index in [1.165, 1.54) is 0 Å². The topological polar surface area (TPSA) is 62.8 Å². The van der Waals surface area contributed by atoms with Crippen LogP contribution >= 0.6 is 11.6 Å². The normalized spacial score (nSPS) is 20.8. The first-order valence-electron chi connectivity index (χ1n) is 8.31. The highest BCUT2D eigenvalue weighted by molar-refractivity contribution is 6.31. The summed E-state index contributed by atoms with van der Waals surface area (Å²) in [5.41, 5.74) is 0.497. The molecule has 1 aromatic rings. The van der Waals surface area contributed by atoms with Gasteiger partial charge in [-0.05, 0) is 44.1 Å². The zero-order valence-electron chi connectivity index (χ0n) is 13.9. The van der Waals surface area contributed by atoms with Crippen LogP contribution in [-0.4, -0.2) is 62.8 Å². The summed E-state index contributed by atoms with van der Waals surface area (Å²) in [6, 6.07) is 5.18. The van der Waals surface area contributed by atoms with Crippen molar-refractivity contribution in [1.29, 1.82) is 0 Å². The van der Waals surface area contributed by atoms with Gasteiger partial charge in [-0.1, -0.05) is 11.6 Å². The highest BCUT2D eigenvalue weighted by atomic mass is 35.5. The van der Waals surface area contributed by atoms with Crippen molar-refractivity contribution in [3.05, 3.63) is 23.2 Å². The van der Waals surface area contributed by atoms with Crippen LogP contribution < -0.4 is 15.4 Å². The molecule has 132 valence electrons. The summed E-state index contributed by atoms with van der Waals surface area (Å²) in [6.07, 6.45) is 1.99. The molecule has 2 aliphatic rings. The average molecular weight is 354 g/mol. The van der Waals surface area contributed by atoms with E-state index in [-0.39, 0.29) is 11.5 Å². The fourth-order valence-electron chi connectivity index (χ4n) is 3.41. The molecule has 2 aliphatic heterocycles. The number of amides is 1. The van der Waals surface area contributed by atoms with Crippen molar-refractivity contribution in [2.24, 2.45) is 0 Å². The van der Waals surface area contributed by atoms with Crippen LogP contribution in [0.25, 0.3) is 0 Å². The summed E-state index contributed by atoms with van der Waals surface area (Å²) in [5.74, 6) is 0.533. The van der Waals surface area contributed by atoms with Gasteiger partial charge < -0.3 is 20.1 Å². The van der Waals surface area contributed by atoms with E-state index in [1.54, 1.807) is 25.3 Å². The van der Waals surface area contributed by atoms with Gasteiger partial charge in [-0.2, -0.15) is 0 Å². The zero-order chi connectivity index (χ0) is 17.0. The second kappa shape index (κ2) is 7.70. The van der Waals surface area contributed by atoms with Crippen LogP contribution in [-0.2, 0) is 9.53 Å². The van der Waals surface area contributed by atoms with Crippen LogP contribution in [0, 0.1) is 0 Å². The molecule has 2 heterocycles. The van der Waals surface area contributed by atoms with Gasteiger partial charge in [0.05, 0.1) is 31.5 Å². The highest BCUT2D eigenvalue weighted by Crippen LogP contribution is 2.29. The Balaban J connectivity index is 1.59. The van der Waals surface area contributed by atoms with E-state index in [0.717, 1.165) is 39.0 Å². The van der Waals surface area contributed by atoms with Crippen LogP contribution in [0.3, 0.4) is 0 Å². The monoisotopic (exact) mass is 353 g/mol. The summed E-state index contributed by atoms with van der Waals surface area (Å²) in [6.45, 7) is 4.53. The molecule has 0 saturated carbocycles.